The summed E-state index contributed by atoms with van der Waals surface area (Å²) in [6.45, 7) is 1.12. The predicted octanol–water partition coefficient (Wildman–Crippen LogP) is 0.365. The van der Waals surface area contributed by atoms with E-state index < -0.39 is 18.0 Å². The zero-order chi connectivity index (χ0) is 13.7. The molecule has 3 N–H and O–H groups in total. The smallest absolute Gasteiger partial charge is 0.216 e. The van der Waals surface area contributed by atoms with Gasteiger partial charge in [0.05, 0.1) is 7.11 Å². The molecule has 0 heterocycles. The number of rotatable bonds is 5. The van der Waals surface area contributed by atoms with Gasteiger partial charge in [-0.2, -0.15) is 0 Å². The Hall–Kier alpha value is -1.66. The first kappa shape index (κ1) is 14.4. The van der Waals surface area contributed by atoms with E-state index in [4.69, 9.17) is 4.74 Å². The van der Waals surface area contributed by atoms with Crippen LogP contribution in [-0.4, -0.2) is 35.9 Å². The summed E-state index contributed by atoms with van der Waals surface area (Å²) in [6, 6.07) is 4.26. The van der Waals surface area contributed by atoms with Crippen LogP contribution in [0.15, 0.2) is 18.2 Å². The first-order chi connectivity index (χ1) is 8.47. The second-order valence-corrected chi connectivity index (χ2v) is 3.81. The van der Waals surface area contributed by atoms with Gasteiger partial charge in [-0.3, -0.25) is 4.79 Å². The van der Waals surface area contributed by atoms with Crippen LogP contribution < -0.4 is 10.1 Å². The highest BCUT2D eigenvalue weighted by atomic mass is 19.1. The van der Waals surface area contributed by atoms with E-state index in [-0.39, 0.29) is 23.8 Å². The predicted molar refractivity (Wildman–Crippen MR) is 62.6 cm³/mol. The third-order valence-electron chi connectivity index (χ3n) is 2.46. The standard InChI is InChI=1S/C12H16FNO4/c1-7(15)14-6-9(16)12(17)8-4-3-5-10(18-2)11(8)13/h3-5,9,12,16-17H,6H2,1-2H3,(H,14,15). The maximum absolute atomic E-state index is 13.8. The van der Waals surface area contributed by atoms with Gasteiger partial charge in [-0.15, -0.1) is 0 Å². The Kier molecular flexibility index (Phi) is 5.06. The number of carbonyl (C=O) groups excluding carboxylic acids is 1. The van der Waals surface area contributed by atoms with E-state index in [0.29, 0.717) is 0 Å². The van der Waals surface area contributed by atoms with Gasteiger partial charge in [-0.25, -0.2) is 4.39 Å². The number of aliphatic hydroxyl groups excluding tert-OH is 2. The van der Waals surface area contributed by atoms with Crippen LogP contribution in [0.4, 0.5) is 4.39 Å². The summed E-state index contributed by atoms with van der Waals surface area (Å²) in [5.41, 5.74) is -0.0767. The van der Waals surface area contributed by atoms with Crippen molar-refractivity contribution in [1.29, 1.82) is 0 Å². The molecule has 0 saturated carbocycles. The fourth-order valence-corrected chi connectivity index (χ4v) is 1.48. The number of amides is 1. The number of methoxy groups -OCH3 is 1. The molecule has 0 aliphatic rings. The monoisotopic (exact) mass is 257 g/mol. The van der Waals surface area contributed by atoms with E-state index in [9.17, 15) is 19.4 Å². The first-order valence-electron chi connectivity index (χ1n) is 5.40. The minimum Gasteiger partial charge on any atom is -0.494 e. The molecule has 2 atom stereocenters. The van der Waals surface area contributed by atoms with Gasteiger partial charge in [0.15, 0.2) is 11.6 Å². The van der Waals surface area contributed by atoms with Gasteiger partial charge >= 0.3 is 0 Å². The third kappa shape index (κ3) is 3.41. The number of hydrogen-bond acceptors (Lipinski definition) is 4. The molecule has 2 unspecified atom stereocenters. The summed E-state index contributed by atoms with van der Waals surface area (Å²) >= 11 is 0. The van der Waals surface area contributed by atoms with Crippen molar-refractivity contribution in [2.75, 3.05) is 13.7 Å². The van der Waals surface area contributed by atoms with Gasteiger partial charge < -0.3 is 20.3 Å². The molecule has 1 amide bonds. The molecule has 0 spiro atoms. The normalized spacial score (nSPS) is 13.8. The van der Waals surface area contributed by atoms with Crippen LogP contribution >= 0.6 is 0 Å². The van der Waals surface area contributed by atoms with E-state index in [2.05, 4.69) is 5.32 Å². The molecule has 1 rings (SSSR count). The summed E-state index contributed by atoms with van der Waals surface area (Å²) in [5, 5.41) is 21.8. The Morgan fingerprint density at radius 2 is 2.17 bits per heavy atom. The molecule has 6 heteroatoms. The van der Waals surface area contributed by atoms with Crippen LogP contribution in [0.25, 0.3) is 0 Å². The summed E-state index contributed by atoms with van der Waals surface area (Å²) in [6.07, 6.45) is -2.73. The van der Waals surface area contributed by atoms with Crippen molar-refractivity contribution in [2.24, 2.45) is 0 Å². The average molecular weight is 257 g/mol. The molecular weight excluding hydrogens is 241 g/mol. The lowest BCUT2D eigenvalue weighted by Gasteiger charge is -2.19. The highest BCUT2D eigenvalue weighted by molar-refractivity contribution is 5.72. The van der Waals surface area contributed by atoms with Gasteiger partial charge in [0.25, 0.3) is 0 Å². The van der Waals surface area contributed by atoms with Crippen LogP contribution in [0.2, 0.25) is 0 Å². The Labute approximate surface area is 104 Å². The van der Waals surface area contributed by atoms with Crippen molar-refractivity contribution < 1.29 is 24.1 Å². The summed E-state index contributed by atoms with van der Waals surface area (Å²) in [4.78, 5) is 10.7. The number of carbonyl (C=O) groups is 1. The maximum Gasteiger partial charge on any atom is 0.216 e. The van der Waals surface area contributed by atoms with Crippen LogP contribution in [-0.2, 0) is 4.79 Å². The van der Waals surface area contributed by atoms with Crippen molar-refractivity contribution in [3.8, 4) is 5.75 Å². The Balaban J connectivity index is 2.83. The van der Waals surface area contributed by atoms with Crippen molar-refractivity contribution >= 4 is 5.91 Å². The second-order valence-electron chi connectivity index (χ2n) is 3.81. The number of benzene rings is 1. The van der Waals surface area contributed by atoms with E-state index in [0.717, 1.165) is 0 Å². The molecule has 0 aliphatic carbocycles. The number of hydrogen-bond donors (Lipinski definition) is 3. The zero-order valence-electron chi connectivity index (χ0n) is 10.2. The molecule has 5 nitrogen and oxygen atoms in total. The van der Waals surface area contributed by atoms with Crippen LogP contribution in [0.3, 0.4) is 0 Å². The highest BCUT2D eigenvalue weighted by Gasteiger charge is 2.23. The lowest BCUT2D eigenvalue weighted by atomic mass is 10.0. The number of ether oxygens (including phenoxy) is 1. The molecule has 100 valence electrons. The van der Waals surface area contributed by atoms with Crippen LogP contribution in [0, 0.1) is 5.82 Å². The number of nitrogens with one attached hydrogen (secondary N) is 1. The fraction of sp³-hybridized carbons (Fsp3) is 0.417. The van der Waals surface area contributed by atoms with Crippen molar-refractivity contribution in [2.45, 2.75) is 19.1 Å². The molecule has 0 bridgehead atoms. The minimum absolute atomic E-state index is 0.0155. The summed E-state index contributed by atoms with van der Waals surface area (Å²) < 4.78 is 18.6. The molecule has 18 heavy (non-hydrogen) atoms. The maximum atomic E-state index is 13.8. The summed E-state index contributed by atoms with van der Waals surface area (Å²) in [5.74, 6) is -1.08. The Bertz CT molecular complexity index is 425. The first-order valence-corrected chi connectivity index (χ1v) is 5.40. The number of halogens is 1. The van der Waals surface area contributed by atoms with E-state index in [1.807, 2.05) is 0 Å². The number of aliphatic hydroxyl groups is 2. The van der Waals surface area contributed by atoms with Crippen LogP contribution in [0.5, 0.6) is 5.75 Å². The third-order valence-corrected chi connectivity index (χ3v) is 2.46. The van der Waals surface area contributed by atoms with Crippen molar-refractivity contribution in [3.05, 3.63) is 29.6 Å². The highest BCUT2D eigenvalue weighted by Crippen LogP contribution is 2.26. The molecule has 0 saturated heterocycles. The molecule has 0 aromatic heterocycles. The molecule has 1 aromatic carbocycles. The second kappa shape index (κ2) is 6.32. The lowest BCUT2D eigenvalue weighted by molar-refractivity contribution is -0.119. The Morgan fingerprint density at radius 3 is 2.72 bits per heavy atom. The molecule has 0 aliphatic heterocycles. The van der Waals surface area contributed by atoms with Gasteiger partial charge in [-0.05, 0) is 6.07 Å². The quantitative estimate of drug-likeness (QED) is 0.712. The van der Waals surface area contributed by atoms with E-state index in [1.54, 1.807) is 0 Å². The SMILES string of the molecule is COc1cccc(C(O)C(O)CNC(C)=O)c1F. The zero-order valence-corrected chi connectivity index (χ0v) is 10.2. The van der Waals surface area contributed by atoms with E-state index in [1.165, 1.54) is 32.2 Å². The summed E-state index contributed by atoms with van der Waals surface area (Å²) in [7, 11) is 1.31. The molecular formula is C12H16FNO4. The fourth-order valence-electron chi connectivity index (χ4n) is 1.48. The van der Waals surface area contributed by atoms with Crippen molar-refractivity contribution in [3.63, 3.8) is 0 Å². The van der Waals surface area contributed by atoms with Gasteiger partial charge in [-0.1, -0.05) is 12.1 Å². The van der Waals surface area contributed by atoms with Gasteiger partial charge in [0.1, 0.15) is 12.2 Å². The topological polar surface area (TPSA) is 78.8 Å². The molecule has 1 aromatic rings. The minimum atomic E-state index is -1.44. The van der Waals surface area contributed by atoms with E-state index >= 15 is 0 Å². The average Bonchev–Trinajstić information content (AvgIpc) is 2.35. The largest absolute Gasteiger partial charge is 0.494 e. The molecule has 0 fully saturated rings. The van der Waals surface area contributed by atoms with Gasteiger partial charge in [0.2, 0.25) is 5.91 Å². The molecule has 0 radical (unpaired) electrons. The van der Waals surface area contributed by atoms with Crippen molar-refractivity contribution in [1.82, 2.24) is 5.32 Å². The van der Waals surface area contributed by atoms with Crippen LogP contribution in [0.1, 0.15) is 18.6 Å². The van der Waals surface area contributed by atoms with Gasteiger partial charge in [0, 0.05) is 19.0 Å². The Morgan fingerprint density at radius 1 is 1.50 bits per heavy atom. The lowest BCUT2D eigenvalue weighted by Crippen LogP contribution is -2.34.